The van der Waals surface area contributed by atoms with Gasteiger partial charge in [-0.05, 0) is 47.1 Å². The van der Waals surface area contributed by atoms with Crippen LogP contribution in [0.3, 0.4) is 0 Å². The predicted molar refractivity (Wildman–Crippen MR) is 77.2 cm³/mol. The van der Waals surface area contributed by atoms with Crippen LogP contribution in [0.5, 0.6) is 5.75 Å². The lowest BCUT2D eigenvalue weighted by molar-refractivity contribution is 0.340. The standard InChI is InChI=1S/C13H14BrN3O/c1-2-18-10-5-3-9(4-6-10)17-13-11(14)7-16-8-12(13)15/h3-8H,2,15H2,1H3,(H,16,17). The minimum atomic E-state index is 0.596. The number of ether oxygens (including phenoxy) is 1. The van der Waals surface area contributed by atoms with Gasteiger partial charge in [0, 0.05) is 11.9 Å². The average Bonchev–Trinajstić information content (AvgIpc) is 2.36. The predicted octanol–water partition coefficient (Wildman–Crippen LogP) is 3.57. The number of benzene rings is 1. The van der Waals surface area contributed by atoms with E-state index < -0.39 is 0 Å². The van der Waals surface area contributed by atoms with Crippen LogP contribution in [-0.4, -0.2) is 11.6 Å². The summed E-state index contributed by atoms with van der Waals surface area (Å²) in [5.74, 6) is 0.852. The topological polar surface area (TPSA) is 60.2 Å². The minimum Gasteiger partial charge on any atom is -0.494 e. The van der Waals surface area contributed by atoms with Gasteiger partial charge in [-0.25, -0.2) is 0 Å². The molecule has 1 aromatic carbocycles. The second kappa shape index (κ2) is 5.73. The molecule has 5 heteroatoms. The van der Waals surface area contributed by atoms with E-state index in [0.717, 1.165) is 21.6 Å². The van der Waals surface area contributed by atoms with E-state index in [-0.39, 0.29) is 0 Å². The Hall–Kier alpha value is -1.75. The van der Waals surface area contributed by atoms with Gasteiger partial charge in [-0.2, -0.15) is 0 Å². The lowest BCUT2D eigenvalue weighted by Crippen LogP contribution is -1.98. The number of nitrogen functional groups attached to an aromatic ring is 1. The van der Waals surface area contributed by atoms with Crippen LogP contribution in [0.2, 0.25) is 0 Å². The first kappa shape index (κ1) is 12.7. The third kappa shape index (κ3) is 2.92. The number of pyridine rings is 1. The molecule has 2 rings (SSSR count). The highest BCUT2D eigenvalue weighted by atomic mass is 79.9. The maximum absolute atomic E-state index is 5.87. The molecule has 0 atom stereocenters. The molecule has 0 saturated carbocycles. The van der Waals surface area contributed by atoms with Crippen LogP contribution in [0.4, 0.5) is 17.1 Å². The van der Waals surface area contributed by atoms with Crippen LogP contribution in [0.25, 0.3) is 0 Å². The molecule has 0 aliphatic carbocycles. The highest BCUT2D eigenvalue weighted by Gasteiger charge is 2.05. The van der Waals surface area contributed by atoms with Gasteiger partial charge in [-0.1, -0.05) is 0 Å². The third-order valence-corrected chi connectivity index (χ3v) is 2.96. The van der Waals surface area contributed by atoms with Crippen molar-refractivity contribution in [2.24, 2.45) is 0 Å². The number of aromatic nitrogens is 1. The highest BCUT2D eigenvalue weighted by Crippen LogP contribution is 2.30. The summed E-state index contributed by atoms with van der Waals surface area (Å²) in [6.07, 6.45) is 3.31. The maximum Gasteiger partial charge on any atom is 0.119 e. The van der Waals surface area contributed by atoms with E-state index in [4.69, 9.17) is 10.5 Å². The number of rotatable bonds is 4. The number of halogens is 1. The van der Waals surface area contributed by atoms with Crippen molar-refractivity contribution in [1.29, 1.82) is 0 Å². The molecule has 0 aliphatic heterocycles. The Kier molecular flexibility index (Phi) is 4.04. The Morgan fingerprint density at radius 2 is 2.00 bits per heavy atom. The van der Waals surface area contributed by atoms with Gasteiger partial charge in [0.2, 0.25) is 0 Å². The molecular weight excluding hydrogens is 294 g/mol. The molecule has 0 fully saturated rings. The maximum atomic E-state index is 5.87. The zero-order chi connectivity index (χ0) is 13.0. The molecule has 3 N–H and O–H groups in total. The first-order chi connectivity index (χ1) is 8.70. The van der Waals surface area contributed by atoms with Crippen LogP contribution in [-0.2, 0) is 0 Å². The van der Waals surface area contributed by atoms with Crippen molar-refractivity contribution >= 4 is 33.0 Å². The monoisotopic (exact) mass is 307 g/mol. The molecule has 0 unspecified atom stereocenters. The number of hydrogen-bond donors (Lipinski definition) is 2. The van der Waals surface area contributed by atoms with Crippen molar-refractivity contribution in [3.8, 4) is 5.75 Å². The fourth-order valence-corrected chi connectivity index (χ4v) is 1.97. The average molecular weight is 308 g/mol. The lowest BCUT2D eigenvalue weighted by atomic mass is 10.2. The van der Waals surface area contributed by atoms with Gasteiger partial charge in [-0.15, -0.1) is 0 Å². The summed E-state index contributed by atoms with van der Waals surface area (Å²) in [4.78, 5) is 3.99. The fraction of sp³-hybridized carbons (Fsp3) is 0.154. The SMILES string of the molecule is CCOc1ccc(Nc2c(N)cncc2Br)cc1. The molecule has 0 saturated heterocycles. The van der Waals surface area contributed by atoms with E-state index in [1.165, 1.54) is 0 Å². The van der Waals surface area contributed by atoms with Gasteiger partial charge >= 0.3 is 0 Å². The molecule has 2 aromatic rings. The summed E-state index contributed by atoms with van der Waals surface area (Å²) in [5.41, 5.74) is 8.22. The summed E-state index contributed by atoms with van der Waals surface area (Å²) in [7, 11) is 0. The van der Waals surface area contributed by atoms with Crippen molar-refractivity contribution in [3.63, 3.8) is 0 Å². The second-order valence-corrected chi connectivity index (χ2v) is 4.52. The zero-order valence-electron chi connectivity index (χ0n) is 9.98. The number of nitrogens with zero attached hydrogens (tertiary/aromatic N) is 1. The Bertz CT molecular complexity index is 508. The summed E-state index contributed by atoms with van der Waals surface area (Å²) in [6.45, 7) is 2.62. The Balaban J connectivity index is 2.18. The van der Waals surface area contributed by atoms with Crippen LogP contribution >= 0.6 is 15.9 Å². The third-order valence-electron chi connectivity index (χ3n) is 2.36. The zero-order valence-corrected chi connectivity index (χ0v) is 11.6. The molecule has 0 amide bonds. The molecule has 18 heavy (non-hydrogen) atoms. The van der Waals surface area contributed by atoms with Crippen molar-refractivity contribution < 1.29 is 4.74 Å². The molecule has 0 bridgehead atoms. The Morgan fingerprint density at radius 1 is 1.28 bits per heavy atom. The first-order valence-corrected chi connectivity index (χ1v) is 6.39. The smallest absolute Gasteiger partial charge is 0.119 e. The number of nitrogens with two attached hydrogens (primary N) is 1. The van der Waals surface area contributed by atoms with Crippen LogP contribution in [0, 0.1) is 0 Å². The molecule has 1 aromatic heterocycles. The van der Waals surface area contributed by atoms with Gasteiger partial charge < -0.3 is 15.8 Å². The molecule has 0 aliphatic rings. The van der Waals surface area contributed by atoms with Crippen LogP contribution in [0.15, 0.2) is 41.1 Å². The first-order valence-electron chi connectivity index (χ1n) is 5.59. The largest absolute Gasteiger partial charge is 0.494 e. The summed E-state index contributed by atoms with van der Waals surface area (Å²) in [6, 6.07) is 7.71. The van der Waals surface area contributed by atoms with Gasteiger partial charge in [0.1, 0.15) is 5.75 Å². The summed E-state index contributed by atoms with van der Waals surface area (Å²) >= 11 is 3.41. The van der Waals surface area contributed by atoms with E-state index in [0.29, 0.717) is 12.3 Å². The number of anilines is 3. The lowest BCUT2D eigenvalue weighted by Gasteiger charge is -2.11. The van der Waals surface area contributed by atoms with Crippen LogP contribution < -0.4 is 15.8 Å². The van der Waals surface area contributed by atoms with Crippen LogP contribution in [0.1, 0.15) is 6.92 Å². The quantitative estimate of drug-likeness (QED) is 0.906. The molecule has 94 valence electrons. The normalized spacial score (nSPS) is 10.1. The molecule has 0 radical (unpaired) electrons. The van der Waals surface area contributed by atoms with E-state index in [2.05, 4.69) is 26.2 Å². The summed E-state index contributed by atoms with van der Waals surface area (Å²) < 4.78 is 6.22. The second-order valence-electron chi connectivity index (χ2n) is 3.67. The molecule has 0 spiro atoms. The number of hydrogen-bond acceptors (Lipinski definition) is 4. The van der Waals surface area contributed by atoms with Crippen molar-refractivity contribution in [3.05, 3.63) is 41.1 Å². The van der Waals surface area contributed by atoms with Crippen molar-refractivity contribution in [2.45, 2.75) is 6.92 Å². The van der Waals surface area contributed by atoms with E-state index >= 15 is 0 Å². The minimum absolute atomic E-state index is 0.596. The van der Waals surface area contributed by atoms with E-state index in [1.54, 1.807) is 12.4 Å². The van der Waals surface area contributed by atoms with Gasteiger partial charge in [0.25, 0.3) is 0 Å². The number of nitrogens with one attached hydrogen (secondary N) is 1. The van der Waals surface area contributed by atoms with Gasteiger partial charge in [0.15, 0.2) is 0 Å². The molecule has 1 heterocycles. The molecule has 4 nitrogen and oxygen atoms in total. The Morgan fingerprint density at radius 3 is 2.61 bits per heavy atom. The van der Waals surface area contributed by atoms with Crippen molar-refractivity contribution in [1.82, 2.24) is 4.98 Å². The Labute approximate surface area is 114 Å². The fourth-order valence-electron chi connectivity index (χ4n) is 1.53. The molecular formula is C13H14BrN3O. The van der Waals surface area contributed by atoms with E-state index in [1.807, 2.05) is 31.2 Å². The highest BCUT2D eigenvalue weighted by molar-refractivity contribution is 9.10. The van der Waals surface area contributed by atoms with E-state index in [9.17, 15) is 0 Å². The van der Waals surface area contributed by atoms with Gasteiger partial charge in [-0.3, -0.25) is 4.98 Å². The van der Waals surface area contributed by atoms with Crippen molar-refractivity contribution in [2.75, 3.05) is 17.7 Å². The summed E-state index contributed by atoms with van der Waals surface area (Å²) in [5, 5.41) is 3.24. The van der Waals surface area contributed by atoms with Gasteiger partial charge in [0.05, 0.1) is 28.7 Å².